The van der Waals surface area contributed by atoms with Gasteiger partial charge in [-0.05, 0) is 56.4 Å². The van der Waals surface area contributed by atoms with E-state index in [0.29, 0.717) is 12.3 Å². The van der Waals surface area contributed by atoms with Crippen molar-refractivity contribution in [2.24, 2.45) is 0 Å². The van der Waals surface area contributed by atoms with Crippen LogP contribution in [0, 0.1) is 10.1 Å². The summed E-state index contributed by atoms with van der Waals surface area (Å²) >= 11 is 0. The average Bonchev–Trinajstić information content (AvgIpc) is 2.70. The van der Waals surface area contributed by atoms with Crippen LogP contribution in [-0.4, -0.2) is 27.6 Å². The van der Waals surface area contributed by atoms with Crippen LogP contribution in [0.3, 0.4) is 0 Å². The Morgan fingerprint density at radius 3 is 2.61 bits per heavy atom. The molecule has 1 fully saturated rings. The van der Waals surface area contributed by atoms with Gasteiger partial charge in [0.1, 0.15) is 18.2 Å². The van der Waals surface area contributed by atoms with Crippen molar-refractivity contribution in [3.05, 3.63) is 40.7 Å². The third kappa shape index (κ3) is 5.31. The lowest BCUT2D eigenvalue weighted by Gasteiger charge is -2.22. The molecule has 2 aromatic rings. The quantitative estimate of drug-likeness (QED) is 0.367. The maximum atomic E-state index is 11.7. The van der Waals surface area contributed by atoms with Gasteiger partial charge in [-0.3, -0.25) is 10.1 Å². The number of nitrogens with zero attached hydrogens (tertiary/aromatic N) is 3. The first-order valence-electron chi connectivity index (χ1n) is 9.83. The standard InChI is InChI=1S/C20H26N4O4/c1-2-3-13-27-16-11-9-15(10-12-16)23-19-18(24(25)26)20(22-14-21-19)28-17-7-5-4-6-8-17/h9-12,14,17H,2-8,13H2,1H3,(H,21,22,23). The number of nitro groups is 1. The van der Waals surface area contributed by atoms with Gasteiger partial charge in [0.05, 0.1) is 11.5 Å². The Morgan fingerprint density at radius 1 is 1.18 bits per heavy atom. The second kappa shape index (κ2) is 9.87. The Morgan fingerprint density at radius 2 is 1.93 bits per heavy atom. The van der Waals surface area contributed by atoms with Crippen molar-refractivity contribution in [3.63, 3.8) is 0 Å². The number of anilines is 2. The monoisotopic (exact) mass is 386 g/mol. The van der Waals surface area contributed by atoms with E-state index in [2.05, 4.69) is 22.2 Å². The number of unbranched alkanes of at least 4 members (excludes halogenated alkanes) is 1. The second-order valence-corrected chi connectivity index (χ2v) is 6.86. The van der Waals surface area contributed by atoms with Gasteiger partial charge in [0.15, 0.2) is 0 Å². The molecule has 0 amide bonds. The van der Waals surface area contributed by atoms with E-state index < -0.39 is 4.92 Å². The fourth-order valence-corrected chi connectivity index (χ4v) is 3.15. The summed E-state index contributed by atoms with van der Waals surface area (Å²) in [5.41, 5.74) is 0.435. The third-order valence-electron chi connectivity index (χ3n) is 4.69. The van der Waals surface area contributed by atoms with E-state index in [1.807, 2.05) is 12.1 Å². The number of benzene rings is 1. The topological polar surface area (TPSA) is 99.4 Å². The summed E-state index contributed by atoms with van der Waals surface area (Å²) < 4.78 is 11.5. The maximum Gasteiger partial charge on any atom is 0.373 e. The Bertz CT molecular complexity index is 776. The molecule has 3 rings (SSSR count). The molecule has 1 heterocycles. The fourth-order valence-electron chi connectivity index (χ4n) is 3.15. The minimum atomic E-state index is -0.497. The van der Waals surface area contributed by atoms with Crippen molar-refractivity contribution < 1.29 is 14.4 Å². The summed E-state index contributed by atoms with van der Waals surface area (Å²) in [4.78, 5) is 19.2. The first-order valence-corrected chi connectivity index (χ1v) is 9.83. The maximum absolute atomic E-state index is 11.7. The molecular weight excluding hydrogens is 360 g/mol. The molecule has 0 spiro atoms. The number of nitrogens with one attached hydrogen (secondary N) is 1. The van der Waals surface area contributed by atoms with Gasteiger partial charge in [-0.2, -0.15) is 4.98 Å². The highest BCUT2D eigenvalue weighted by Crippen LogP contribution is 2.35. The molecule has 0 radical (unpaired) electrons. The first-order chi connectivity index (χ1) is 13.7. The molecule has 1 aliphatic carbocycles. The average molecular weight is 386 g/mol. The van der Waals surface area contributed by atoms with Crippen LogP contribution in [0.2, 0.25) is 0 Å². The van der Waals surface area contributed by atoms with Gasteiger partial charge in [0.2, 0.25) is 5.82 Å². The predicted octanol–water partition coefficient (Wildman–Crippen LogP) is 5.02. The molecule has 150 valence electrons. The molecular formula is C20H26N4O4. The van der Waals surface area contributed by atoms with Gasteiger partial charge in [0, 0.05) is 5.69 Å². The molecule has 0 bridgehead atoms. The molecule has 28 heavy (non-hydrogen) atoms. The number of ether oxygens (including phenoxy) is 2. The van der Waals surface area contributed by atoms with Crippen LogP contribution in [-0.2, 0) is 0 Å². The number of hydrogen-bond donors (Lipinski definition) is 1. The molecule has 0 aliphatic heterocycles. The molecule has 8 heteroatoms. The van der Waals surface area contributed by atoms with E-state index in [4.69, 9.17) is 9.47 Å². The van der Waals surface area contributed by atoms with E-state index >= 15 is 0 Å². The summed E-state index contributed by atoms with van der Waals surface area (Å²) in [7, 11) is 0. The number of aromatic nitrogens is 2. The Balaban J connectivity index is 1.73. The van der Waals surface area contributed by atoms with Gasteiger partial charge >= 0.3 is 5.69 Å². The van der Waals surface area contributed by atoms with E-state index in [1.54, 1.807) is 12.1 Å². The fraction of sp³-hybridized carbons (Fsp3) is 0.500. The predicted molar refractivity (Wildman–Crippen MR) is 106 cm³/mol. The van der Waals surface area contributed by atoms with E-state index in [-0.39, 0.29) is 23.5 Å². The summed E-state index contributed by atoms with van der Waals surface area (Å²) in [5, 5.41) is 14.7. The summed E-state index contributed by atoms with van der Waals surface area (Å²) in [5.74, 6) is 0.900. The van der Waals surface area contributed by atoms with Crippen molar-refractivity contribution in [1.29, 1.82) is 0 Å². The van der Waals surface area contributed by atoms with Crippen LogP contribution in [0.25, 0.3) is 0 Å². The SMILES string of the molecule is CCCCOc1ccc(Nc2ncnc(OC3CCCCC3)c2[N+](=O)[O-])cc1. The molecule has 1 aliphatic rings. The minimum absolute atomic E-state index is 0.0221. The number of hydrogen-bond acceptors (Lipinski definition) is 7. The van der Waals surface area contributed by atoms with Crippen molar-refractivity contribution >= 4 is 17.2 Å². The molecule has 1 saturated carbocycles. The Hall–Kier alpha value is -2.90. The lowest BCUT2D eigenvalue weighted by atomic mass is 9.98. The molecule has 0 unspecified atom stereocenters. The highest BCUT2D eigenvalue weighted by Gasteiger charge is 2.27. The van der Waals surface area contributed by atoms with Gasteiger partial charge in [0.25, 0.3) is 5.88 Å². The van der Waals surface area contributed by atoms with Crippen LogP contribution >= 0.6 is 0 Å². The molecule has 8 nitrogen and oxygen atoms in total. The van der Waals surface area contributed by atoms with Crippen molar-refractivity contribution in [1.82, 2.24) is 9.97 Å². The molecule has 0 saturated heterocycles. The van der Waals surface area contributed by atoms with Crippen molar-refractivity contribution in [2.75, 3.05) is 11.9 Å². The Labute approximate surface area is 164 Å². The first kappa shape index (κ1) is 19.9. The van der Waals surface area contributed by atoms with Gasteiger partial charge < -0.3 is 14.8 Å². The van der Waals surface area contributed by atoms with Gasteiger partial charge in [-0.1, -0.05) is 19.8 Å². The second-order valence-electron chi connectivity index (χ2n) is 6.86. The third-order valence-corrected chi connectivity index (χ3v) is 4.69. The molecule has 1 N–H and O–H groups in total. The van der Waals surface area contributed by atoms with Crippen molar-refractivity contribution in [2.45, 2.75) is 58.0 Å². The lowest BCUT2D eigenvalue weighted by Crippen LogP contribution is -2.21. The van der Waals surface area contributed by atoms with Gasteiger partial charge in [-0.15, -0.1) is 0 Å². The zero-order chi connectivity index (χ0) is 19.8. The normalized spacial score (nSPS) is 14.5. The summed E-state index contributed by atoms with van der Waals surface area (Å²) in [6.07, 6.45) is 8.43. The van der Waals surface area contributed by atoms with Crippen LogP contribution in [0.4, 0.5) is 17.2 Å². The summed E-state index contributed by atoms with van der Waals surface area (Å²) in [6.45, 7) is 2.78. The van der Waals surface area contributed by atoms with Crippen LogP contribution in [0.1, 0.15) is 51.9 Å². The smallest absolute Gasteiger partial charge is 0.373 e. The molecule has 0 atom stereocenters. The van der Waals surface area contributed by atoms with Crippen molar-refractivity contribution in [3.8, 4) is 11.6 Å². The largest absolute Gasteiger partial charge is 0.494 e. The molecule has 1 aromatic heterocycles. The molecule has 1 aromatic carbocycles. The lowest BCUT2D eigenvalue weighted by molar-refractivity contribution is -0.385. The van der Waals surface area contributed by atoms with Crippen LogP contribution in [0.5, 0.6) is 11.6 Å². The zero-order valence-corrected chi connectivity index (χ0v) is 16.1. The summed E-state index contributed by atoms with van der Waals surface area (Å²) in [6, 6.07) is 7.25. The zero-order valence-electron chi connectivity index (χ0n) is 16.1. The Kier molecular flexibility index (Phi) is 7.00. The highest BCUT2D eigenvalue weighted by molar-refractivity contribution is 5.68. The van der Waals surface area contributed by atoms with E-state index in [9.17, 15) is 10.1 Å². The minimum Gasteiger partial charge on any atom is -0.494 e. The number of rotatable bonds is 9. The van der Waals surface area contributed by atoms with Crippen LogP contribution in [0.15, 0.2) is 30.6 Å². The van der Waals surface area contributed by atoms with E-state index in [1.165, 1.54) is 12.7 Å². The van der Waals surface area contributed by atoms with Gasteiger partial charge in [-0.25, -0.2) is 4.98 Å². The van der Waals surface area contributed by atoms with E-state index in [0.717, 1.165) is 44.3 Å². The highest BCUT2D eigenvalue weighted by atomic mass is 16.6. The van der Waals surface area contributed by atoms with Crippen LogP contribution < -0.4 is 14.8 Å².